The van der Waals surface area contributed by atoms with Crippen LogP contribution in [0.4, 0.5) is 0 Å². The fourth-order valence-electron chi connectivity index (χ4n) is 1.82. The fraction of sp³-hybridized carbons (Fsp3) is 0.308. The van der Waals surface area contributed by atoms with Crippen LogP contribution in [-0.4, -0.2) is 10.1 Å². The van der Waals surface area contributed by atoms with E-state index < -0.39 is 0 Å². The van der Waals surface area contributed by atoms with E-state index in [1.165, 1.54) is 5.56 Å². The van der Waals surface area contributed by atoms with Crippen molar-refractivity contribution in [3.05, 3.63) is 35.5 Å². The summed E-state index contributed by atoms with van der Waals surface area (Å²) in [7, 11) is 0. The van der Waals surface area contributed by atoms with Crippen LogP contribution in [0.5, 0.6) is 5.75 Å². The number of pyridine rings is 1. The van der Waals surface area contributed by atoms with Crippen molar-refractivity contribution in [2.75, 3.05) is 0 Å². The van der Waals surface area contributed by atoms with Crippen LogP contribution in [0.1, 0.15) is 25.1 Å². The molecule has 0 radical (unpaired) electrons. The van der Waals surface area contributed by atoms with Crippen LogP contribution in [-0.2, 0) is 12.8 Å². The van der Waals surface area contributed by atoms with Crippen LogP contribution in [0.15, 0.2) is 24.3 Å². The van der Waals surface area contributed by atoms with Crippen molar-refractivity contribution in [3.63, 3.8) is 0 Å². The topological polar surface area (TPSA) is 33.1 Å². The standard InChI is InChI=1S/C13H15NO/c1-3-9-7-10(4-2)14-13-8-11(15)5-6-12(9)13/h5-8,15H,3-4H2,1-2H3. The van der Waals surface area contributed by atoms with Gasteiger partial charge in [0.2, 0.25) is 0 Å². The average molecular weight is 201 g/mol. The second-order valence-electron chi connectivity index (χ2n) is 3.68. The van der Waals surface area contributed by atoms with Gasteiger partial charge in [-0.2, -0.15) is 0 Å². The molecule has 0 spiro atoms. The number of phenolic OH excluding ortho intramolecular Hbond substituents is 1. The van der Waals surface area contributed by atoms with Crippen molar-refractivity contribution in [1.82, 2.24) is 4.98 Å². The Bertz CT molecular complexity index is 491. The molecule has 0 amide bonds. The fourth-order valence-corrected chi connectivity index (χ4v) is 1.82. The molecule has 2 rings (SSSR count). The zero-order valence-corrected chi connectivity index (χ0v) is 9.12. The number of benzene rings is 1. The van der Waals surface area contributed by atoms with Crippen LogP contribution >= 0.6 is 0 Å². The van der Waals surface area contributed by atoms with Crippen molar-refractivity contribution >= 4 is 10.9 Å². The van der Waals surface area contributed by atoms with Crippen LogP contribution < -0.4 is 0 Å². The zero-order valence-electron chi connectivity index (χ0n) is 9.12. The highest BCUT2D eigenvalue weighted by Crippen LogP contribution is 2.23. The third-order valence-electron chi connectivity index (χ3n) is 2.68. The van der Waals surface area contributed by atoms with Gasteiger partial charge in [-0.05, 0) is 36.6 Å². The number of nitrogens with zero attached hydrogens (tertiary/aromatic N) is 1. The number of hydrogen-bond acceptors (Lipinski definition) is 2. The van der Waals surface area contributed by atoms with Crippen molar-refractivity contribution in [1.29, 1.82) is 0 Å². The van der Waals surface area contributed by atoms with Gasteiger partial charge in [-0.1, -0.05) is 13.8 Å². The molecule has 2 heteroatoms. The van der Waals surface area contributed by atoms with Crippen LogP contribution in [0.3, 0.4) is 0 Å². The van der Waals surface area contributed by atoms with E-state index in [0.717, 1.165) is 29.4 Å². The molecule has 0 fully saturated rings. The van der Waals surface area contributed by atoms with E-state index in [9.17, 15) is 5.11 Å². The monoisotopic (exact) mass is 201 g/mol. The van der Waals surface area contributed by atoms with Gasteiger partial charge in [0.15, 0.2) is 0 Å². The van der Waals surface area contributed by atoms with E-state index in [4.69, 9.17) is 0 Å². The van der Waals surface area contributed by atoms with E-state index >= 15 is 0 Å². The Hall–Kier alpha value is -1.57. The quantitative estimate of drug-likeness (QED) is 0.810. The number of rotatable bonds is 2. The molecule has 0 saturated carbocycles. The van der Waals surface area contributed by atoms with Gasteiger partial charge in [0.25, 0.3) is 0 Å². The SMILES string of the molecule is CCc1cc(CC)c2ccc(O)cc2n1. The number of aromatic nitrogens is 1. The molecular weight excluding hydrogens is 186 g/mol. The third kappa shape index (κ3) is 1.80. The first-order valence-corrected chi connectivity index (χ1v) is 5.36. The highest BCUT2D eigenvalue weighted by molar-refractivity contribution is 5.83. The van der Waals surface area contributed by atoms with Crippen molar-refractivity contribution in [3.8, 4) is 5.75 Å². The summed E-state index contributed by atoms with van der Waals surface area (Å²) >= 11 is 0. The average Bonchev–Trinajstić information content (AvgIpc) is 2.26. The Morgan fingerprint density at radius 1 is 1.13 bits per heavy atom. The van der Waals surface area contributed by atoms with E-state index in [1.807, 2.05) is 6.07 Å². The van der Waals surface area contributed by atoms with Crippen LogP contribution in [0.25, 0.3) is 10.9 Å². The van der Waals surface area contributed by atoms with Crippen molar-refractivity contribution in [2.45, 2.75) is 26.7 Å². The third-order valence-corrected chi connectivity index (χ3v) is 2.68. The summed E-state index contributed by atoms with van der Waals surface area (Å²) in [5.74, 6) is 0.283. The molecule has 0 unspecified atom stereocenters. The summed E-state index contributed by atoms with van der Waals surface area (Å²) < 4.78 is 0. The molecule has 0 bridgehead atoms. The Kier molecular flexibility index (Phi) is 2.58. The van der Waals surface area contributed by atoms with Gasteiger partial charge in [0, 0.05) is 17.1 Å². The lowest BCUT2D eigenvalue weighted by Crippen LogP contribution is -1.93. The minimum atomic E-state index is 0.283. The smallest absolute Gasteiger partial charge is 0.117 e. The number of phenols is 1. The first-order chi connectivity index (χ1) is 7.24. The number of aryl methyl sites for hydroxylation is 2. The molecule has 78 valence electrons. The largest absolute Gasteiger partial charge is 0.508 e. The number of aromatic hydroxyl groups is 1. The number of hydrogen-bond donors (Lipinski definition) is 1. The summed E-state index contributed by atoms with van der Waals surface area (Å²) in [6.45, 7) is 4.23. The molecule has 15 heavy (non-hydrogen) atoms. The van der Waals surface area contributed by atoms with Gasteiger partial charge in [0.05, 0.1) is 5.52 Å². The molecule has 0 saturated heterocycles. The highest BCUT2D eigenvalue weighted by atomic mass is 16.3. The van der Waals surface area contributed by atoms with E-state index in [0.29, 0.717) is 0 Å². The predicted octanol–water partition coefficient (Wildman–Crippen LogP) is 3.07. The normalized spacial score (nSPS) is 10.8. The minimum absolute atomic E-state index is 0.283. The summed E-state index contributed by atoms with van der Waals surface area (Å²) in [6.07, 6.45) is 1.93. The van der Waals surface area contributed by atoms with Gasteiger partial charge < -0.3 is 5.11 Å². The molecule has 2 nitrogen and oxygen atoms in total. The molecule has 0 aliphatic rings. The molecule has 0 aliphatic heterocycles. The van der Waals surface area contributed by atoms with Gasteiger partial charge in [-0.3, -0.25) is 4.98 Å². The maximum absolute atomic E-state index is 9.42. The second-order valence-corrected chi connectivity index (χ2v) is 3.68. The summed E-state index contributed by atoms with van der Waals surface area (Å²) in [4.78, 5) is 4.50. The summed E-state index contributed by atoms with van der Waals surface area (Å²) in [5.41, 5.74) is 3.29. The molecular formula is C13H15NO. The molecule has 1 aromatic carbocycles. The molecule has 0 aliphatic carbocycles. The Morgan fingerprint density at radius 2 is 1.93 bits per heavy atom. The van der Waals surface area contributed by atoms with E-state index in [1.54, 1.807) is 12.1 Å². The Balaban J connectivity index is 2.74. The van der Waals surface area contributed by atoms with Crippen LogP contribution in [0.2, 0.25) is 0 Å². The minimum Gasteiger partial charge on any atom is -0.508 e. The lowest BCUT2D eigenvalue weighted by atomic mass is 10.0. The highest BCUT2D eigenvalue weighted by Gasteiger charge is 2.04. The second kappa shape index (κ2) is 3.89. The van der Waals surface area contributed by atoms with Gasteiger partial charge in [-0.25, -0.2) is 0 Å². The Morgan fingerprint density at radius 3 is 2.60 bits per heavy atom. The molecule has 0 atom stereocenters. The van der Waals surface area contributed by atoms with Gasteiger partial charge in [-0.15, -0.1) is 0 Å². The lowest BCUT2D eigenvalue weighted by Gasteiger charge is -2.07. The zero-order chi connectivity index (χ0) is 10.8. The first-order valence-electron chi connectivity index (χ1n) is 5.36. The van der Waals surface area contributed by atoms with Gasteiger partial charge >= 0.3 is 0 Å². The predicted molar refractivity (Wildman–Crippen MR) is 62.2 cm³/mol. The van der Waals surface area contributed by atoms with Crippen LogP contribution in [0, 0.1) is 0 Å². The molecule has 1 heterocycles. The molecule has 2 aromatic rings. The molecule has 1 aromatic heterocycles. The molecule has 1 N–H and O–H groups in total. The first kappa shape index (κ1) is 9.97. The Labute approximate surface area is 89.6 Å². The summed E-state index contributed by atoms with van der Waals surface area (Å²) in [6, 6.07) is 7.54. The maximum Gasteiger partial charge on any atom is 0.117 e. The van der Waals surface area contributed by atoms with Gasteiger partial charge in [0.1, 0.15) is 5.75 Å². The van der Waals surface area contributed by atoms with Crippen molar-refractivity contribution in [2.24, 2.45) is 0 Å². The number of fused-ring (bicyclic) bond motifs is 1. The van der Waals surface area contributed by atoms with E-state index in [2.05, 4.69) is 24.9 Å². The van der Waals surface area contributed by atoms with Crippen molar-refractivity contribution < 1.29 is 5.11 Å². The lowest BCUT2D eigenvalue weighted by molar-refractivity contribution is 0.476. The maximum atomic E-state index is 9.42. The van der Waals surface area contributed by atoms with E-state index in [-0.39, 0.29) is 5.75 Å². The summed E-state index contributed by atoms with van der Waals surface area (Å²) in [5, 5.41) is 10.6.